The predicted octanol–water partition coefficient (Wildman–Crippen LogP) is 2.34. The number of esters is 1. The molecule has 0 saturated carbocycles. The van der Waals surface area contributed by atoms with Gasteiger partial charge in [-0.05, 0) is 23.5 Å². The summed E-state index contributed by atoms with van der Waals surface area (Å²) in [4.78, 5) is 24.1. The van der Waals surface area contributed by atoms with Crippen molar-refractivity contribution in [1.82, 2.24) is 0 Å². The van der Waals surface area contributed by atoms with Crippen LogP contribution >= 0.6 is 0 Å². The SMILES string of the molecule is COC(=O)C(C(=O)C1Cc2ccccc21)C(C)C. The summed E-state index contributed by atoms with van der Waals surface area (Å²) in [5, 5.41) is 0. The van der Waals surface area contributed by atoms with Crippen LogP contribution in [0, 0.1) is 11.8 Å². The number of fused-ring (bicyclic) bond motifs is 1. The Balaban J connectivity index is 2.20. The van der Waals surface area contributed by atoms with Crippen LogP contribution in [0.4, 0.5) is 0 Å². The molecule has 2 atom stereocenters. The molecule has 2 rings (SSSR count). The van der Waals surface area contributed by atoms with Crippen molar-refractivity contribution < 1.29 is 14.3 Å². The van der Waals surface area contributed by atoms with Crippen LogP contribution < -0.4 is 0 Å². The Morgan fingerprint density at radius 1 is 1.28 bits per heavy atom. The van der Waals surface area contributed by atoms with Gasteiger partial charge < -0.3 is 4.74 Å². The molecule has 0 saturated heterocycles. The van der Waals surface area contributed by atoms with Gasteiger partial charge in [0.25, 0.3) is 0 Å². The number of hydrogen-bond acceptors (Lipinski definition) is 3. The van der Waals surface area contributed by atoms with Crippen molar-refractivity contribution in [3.8, 4) is 0 Å². The van der Waals surface area contributed by atoms with E-state index in [1.54, 1.807) is 0 Å². The third-order valence-electron chi connectivity index (χ3n) is 3.63. The Hall–Kier alpha value is -1.64. The average Bonchev–Trinajstić information content (AvgIpc) is 2.30. The summed E-state index contributed by atoms with van der Waals surface area (Å²) in [7, 11) is 1.33. The molecule has 0 spiro atoms. The molecule has 1 aromatic rings. The van der Waals surface area contributed by atoms with Gasteiger partial charge in [-0.25, -0.2) is 0 Å². The highest BCUT2D eigenvalue weighted by atomic mass is 16.5. The fourth-order valence-electron chi connectivity index (χ4n) is 2.57. The van der Waals surface area contributed by atoms with Gasteiger partial charge in [-0.2, -0.15) is 0 Å². The molecule has 18 heavy (non-hydrogen) atoms. The quantitative estimate of drug-likeness (QED) is 0.605. The normalized spacial score (nSPS) is 18.8. The second-order valence-corrected chi connectivity index (χ2v) is 5.10. The van der Waals surface area contributed by atoms with Crippen LogP contribution in [0.1, 0.15) is 30.9 Å². The minimum Gasteiger partial charge on any atom is -0.468 e. The highest BCUT2D eigenvalue weighted by Gasteiger charge is 2.40. The molecule has 0 amide bonds. The monoisotopic (exact) mass is 246 g/mol. The van der Waals surface area contributed by atoms with E-state index in [2.05, 4.69) is 0 Å². The molecule has 3 heteroatoms. The largest absolute Gasteiger partial charge is 0.468 e. The van der Waals surface area contributed by atoms with Crippen LogP contribution in [0.15, 0.2) is 24.3 Å². The smallest absolute Gasteiger partial charge is 0.316 e. The van der Waals surface area contributed by atoms with Crippen LogP contribution in [0.25, 0.3) is 0 Å². The summed E-state index contributed by atoms with van der Waals surface area (Å²) in [6.07, 6.45) is 0.745. The molecule has 1 aromatic carbocycles. The first-order valence-electron chi connectivity index (χ1n) is 6.25. The summed E-state index contributed by atoms with van der Waals surface area (Å²) in [6, 6.07) is 7.90. The number of methoxy groups -OCH3 is 1. The third kappa shape index (κ3) is 2.05. The molecule has 0 bridgehead atoms. The van der Waals surface area contributed by atoms with Crippen molar-refractivity contribution in [2.24, 2.45) is 11.8 Å². The maximum absolute atomic E-state index is 12.4. The summed E-state index contributed by atoms with van der Waals surface area (Å²) >= 11 is 0. The molecule has 2 unspecified atom stereocenters. The molecule has 1 aliphatic carbocycles. The summed E-state index contributed by atoms with van der Waals surface area (Å²) < 4.78 is 4.74. The molecule has 0 radical (unpaired) electrons. The number of carbonyl (C=O) groups is 2. The van der Waals surface area contributed by atoms with Crippen molar-refractivity contribution in [2.75, 3.05) is 7.11 Å². The summed E-state index contributed by atoms with van der Waals surface area (Å²) in [5.74, 6) is -1.23. The van der Waals surface area contributed by atoms with Gasteiger partial charge in [-0.3, -0.25) is 9.59 Å². The van der Waals surface area contributed by atoms with Crippen molar-refractivity contribution in [3.05, 3.63) is 35.4 Å². The second kappa shape index (κ2) is 4.92. The standard InChI is InChI=1S/C15H18O3/c1-9(2)13(15(17)18-3)14(16)12-8-10-6-4-5-7-11(10)12/h4-7,9,12-13H,8H2,1-3H3. The maximum Gasteiger partial charge on any atom is 0.316 e. The third-order valence-corrected chi connectivity index (χ3v) is 3.63. The lowest BCUT2D eigenvalue weighted by Gasteiger charge is -2.32. The van der Waals surface area contributed by atoms with E-state index in [4.69, 9.17) is 4.74 Å². The van der Waals surface area contributed by atoms with Crippen molar-refractivity contribution in [1.29, 1.82) is 0 Å². The van der Waals surface area contributed by atoms with Crippen molar-refractivity contribution >= 4 is 11.8 Å². The maximum atomic E-state index is 12.4. The lowest BCUT2D eigenvalue weighted by molar-refractivity contribution is -0.151. The van der Waals surface area contributed by atoms with Gasteiger partial charge in [0.2, 0.25) is 0 Å². The molecule has 1 aliphatic rings. The van der Waals surface area contributed by atoms with Crippen LogP contribution in [-0.4, -0.2) is 18.9 Å². The number of carbonyl (C=O) groups excluding carboxylic acids is 2. The van der Waals surface area contributed by atoms with Crippen molar-refractivity contribution in [3.63, 3.8) is 0 Å². The first kappa shape index (κ1) is 12.8. The van der Waals surface area contributed by atoms with E-state index >= 15 is 0 Å². The molecule has 96 valence electrons. The van der Waals surface area contributed by atoms with Gasteiger partial charge in [-0.1, -0.05) is 38.1 Å². The number of Topliss-reactive ketones (excluding diaryl/α,β-unsaturated/α-hetero) is 1. The summed E-state index contributed by atoms with van der Waals surface area (Å²) in [5.41, 5.74) is 2.28. The molecule has 0 heterocycles. The van der Waals surface area contributed by atoms with Crippen LogP contribution in [0.3, 0.4) is 0 Å². The van der Waals surface area contributed by atoms with E-state index in [0.717, 1.165) is 12.0 Å². The Bertz CT molecular complexity index is 476. The predicted molar refractivity (Wildman–Crippen MR) is 68.2 cm³/mol. The number of ether oxygens (including phenoxy) is 1. The van der Waals surface area contributed by atoms with Crippen LogP contribution in [-0.2, 0) is 20.7 Å². The Morgan fingerprint density at radius 3 is 2.50 bits per heavy atom. The zero-order valence-corrected chi connectivity index (χ0v) is 11.0. The minimum atomic E-state index is -0.645. The topological polar surface area (TPSA) is 43.4 Å². The van der Waals surface area contributed by atoms with Gasteiger partial charge in [0, 0.05) is 5.92 Å². The fraction of sp³-hybridized carbons (Fsp3) is 0.467. The minimum absolute atomic E-state index is 0.00412. The lowest BCUT2D eigenvalue weighted by Crippen LogP contribution is -2.37. The fourth-order valence-corrected chi connectivity index (χ4v) is 2.57. The number of ketones is 1. The van der Waals surface area contributed by atoms with Gasteiger partial charge >= 0.3 is 5.97 Å². The number of rotatable bonds is 4. The van der Waals surface area contributed by atoms with Crippen LogP contribution in [0.5, 0.6) is 0 Å². The number of benzene rings is 1. The molecular weight excluding hydrogens is 228 g/mol. The molecule has 3 nitrogen and oxygen atoms in total. The van der Waals surface area contributed by atoms with Gasteiger partial charge in [-0.15, -0.1) is 0 Å². The van der Waals surface area contributed by atoms with E-state index in [1.165, 1.54) is 12.7 Å². The number of hydrogen-bond donors (Lipinski definition) is 0. The van der Waals surface area contributed by atoms with Crippen LogP contribution in [0.2, 0.25) is 0 Å². The first-order valence-corrected chi connectivity index (χ1v) is 6.25. The molecule has 0 aliphatic heterocycles. The Labute approximate surface area is 107 Å². The highest BCUT2D eigenvalue weighted by Crippen LogP contribution is 2.38. The summed E-state index contributed by atoms with van der Waals surface area (Å²) in [6.45, 7) is 3.76. The zero-order chi connectivity index (χ0) is 13.3. The van der Waals surface area contributed by atoms with Gasteiger partial charge in [0.15, 0.2) is 5.78 Å². The van der Waals surface area contributed by atoms with E-state index in [-0.39, 0.29) is 17.6 Å². The molecule has 0 N–H and O–H groups in total. The Kier molecular flexibility index (Phi) is 3.50. The first-order chi connectivity index (χ1) is 8.56. The highest BCUT2D eigenvalue weighted by molar-refractivity contribution is 6.03. The van der Waals surface area contributed by atoms with E-state index in [9.17, 15) is 9.59 Å². The lowest BCUT2D eigenvalue weighted by atomic mass is 9.70. The van der Waals surface area contributed by atoms with Gasteiger partial charge in [0.1, 0.15) is 5.92 Å². The van der Waals surface area contributed by atoms with Gasteiger partial charge in [0.05, 0.1) is 7.11 Å². The zero-order valence-electron chi connectivity index (χ0n) is 11.0. The van der Waals surface area contributed by atoms with E-state index in [1.807, 2.05) is 38.1 Å². The molecule has 0 aromatic heterocycles. The molecular formula is C15H18O3. The van der Waals surface area contributed by atoms with E-state index in [0.29, 0.717) is 0 Å². The van der Waals surface area contributed by atoms with E-state index < -0.39 is 11.9 Å². The molecule has 0 fully saturated rings. The Morgan fingerprint density at radius 2 is 1.94 bits per heavy atom. The van der Waals surface area contributed by atoms with Crippen molar-refractivity contribution in [2.45, 2.75) is 26.2 Å². The second-order valence-electron chi connectivity index (χ2n) is 5.10. The average molecular weight is 246 g/mol.